The SMILES string of the molecule is Nc1ccn([C@H]2C[CH][C@H](CO)O2)c(=O)n1. The average molecular weight is 210 g/mol. The second-order valence-corrected chi connectivity index (χ2v) is 3.33. The van der Waals surface area contributed by atoms with E-state index in [0.717, 1.165) is 0 Å². The second kappa shape index (κ2) is 4.00. The molecule has 2 atom stereocenters. The normalized spacial score (nSPS) is 25.7. The molecule has 1 saturated heterocycles. The summed E-state index contributed by atoms with van der Waals surface area (Å²) in [6, 6.07) is 1.54. The summed E-state index contributed by atoms with van der Waals surface area (Å²) in [4.78, 5) is 15.0. The Morgan fingerprint density at radius 3 is 3.13 bits per heavy atom. The third-order valence-electron chi connectivity index (χ3n) is 2.27. The number of aliphatic hydroxyl groups is 1. The van der Waals surface area contributed by atoms with Crippen LogP contribution < -0.4 is 11.4 Å². The molecule has 0 spiro atoms. The minimum absolute atomic E-state index is 0.0757. The summed E-state index contributed by atoms with van der Waals surface area (Å²) in [5.41, 5.74) is 4.93. The Morgan fingerprint density at radius 1 is 1.73 bits per heavy atom. The lowest BCUT2D eigenvalue weighted by molar-refractivity contribution is -0.0193. The first-order valence-electron chi connectivity index (χ1n) is 4.65. The van der Waals surface area contributed by atoms with E-state index in [1.807, 2.05) is 6.42 Å². The highest BCUT2D eigenvalue weighted by atomic mass is 16.5. The van der Waals surface area contributed by atoms with Crippen LogP contribution in [0, 0.1) is 6.42 Å². The summed E-state index contributed by atoms with van der Waals surface area (Å²) in [6.45, 7) is -0.0757. The maximum atomic E-state index is 11.4. The van der Waals surface area contributed by atoms with Crippen LogP contribution >= 0.6 is 0 Å². The Kier molecular flexibility index (Phi) is 2.70. The van der Waals surface area contributed by atoms with Gasteiger partial charge in [0.05, 0.1) is 12.7 Å². The van der Waals surface area contributed by atoms with Gasteiger partial charge >= 0.3 is 5.69 Å². The molecule has 2 heterocycles. The van der Waals surface area contributed by atoms with Gasteiger partial charge in [0, 0.05) is 6.20 Å². The number of ether oxygens (including phenoxy) is 1. The van der Waals surface area contributed by atoms with Crippen LogP contribution in [0.1, 0.15) is 12.6 Å². The topological polar surface area (TPSA) is 90.4 Å². The lowest BCUT2D eigenvalue weighted by atomic mass is 10.2. The molecule has 1 aromatic rings. The van der Waals surface area contributed by atoms with E-state index in [4.69, 9.17) is 15.6 Å². The highest BCUT2D eigenvalue weighted by Gasteiger charge is 2.26. The Balaban J connectivity index is 2.20. The molecule has 1 fully saturated rings. The predicted molar refractivity (Wildman–Crippen MR) is 52.8 cm³/mol. The quantitative estimate of drug-likeness (QED) is 0.674. The second-order valence-electron chi connectivity index (χ2n) is 3.33. The summed E-state index contributed by atoms with van der Waals surface area (Å²) >= 11 is 0. The molecule has 0 unspecified atom stereocenters. The van der Waals surface area contributed by atoms with Crippen molar-refractivity contribution < 1.29 is 9.84 Å². The molecular weight excluding hydrogens is 198 g/mol. The zero-order valence-corrected chi connectivity index (χ0v) is 8.04. The first-order chi connectivity index (χ1) is 7.20. The maximum absolute atomic E-state index is 11.4. The number of anilines is 1. The van der Waals surface area contributed by atoms with E-state index < -0.39 is 5.69 Å². The van der Waals surface area contributed by atoms with Gasteiger partial charge in [-0.15, -0.1) is 0 Å². The number of nitrogens with two attached hydrogens (primary N) is 1. The molecular formula is C9H12N3O3. The van der Waals surface area contributed by atoms with Crippen LogP contribution in [-0.4, -0.2) is 27.4 Å². The first kappa shape index (κ1) is 10.1. The zero-order valence-electron chi connectivity index (χ0n) is 8.04. The van der Waals surface area contributed by atoms with Crippen molar-refractivity contribution >= 4 is 5.82 Å². The van der Waals surface area contributed by atoms with Gasteiger partial charge in [-0.25, -0.2) is 4.79 Å². The number of aromatic nitrogens is 2. The van der Waals surface area contributed by atoms with Gasteiger partial charge in [0.1, 0.15) is 12.0 Å². The van der Waals surface area contributed by atoms with Crippen LogP contribution in [0.3, 0.4) is 0 Å². The van der Waals surface area contributed by atoms with Crippen LogP contribution in [-0.2, 0) is 4.74 Å². The van der Waals surface area contributed by atoms with Crippen LogP contribution in [0.4, 0.5) is 5.82 Å². The van der Waals surface area contributed by atoms with Gasteiger partial charge in [-0.05, 0) is 18.9 Å². The van der Waals surface area contributed by atoms with Gasteiger partial charge in [0.15, 0.2) is 0 Å². The Morgan fingerprint density at radius 2 is 2.53 bits per heavy atom. The van der Waals surface area contributed by atoms with E-state index >= 15 is 0 Å². The molecule has 1 aliphatic heterocycles. The fraction of sp³-hybridized carbons (Fsp3) is 0.444. The first-order valence-corrected chi connectivity index (χ1v) is 4.65. The molecule has 0 saturated carbocycles. The minimum atomic E-state index is -0.438. The molecule has 6 heteroatoms. The smallest absolute Gasteiger partial charge is 0.351 e. The Labute approximate surface area is 86.3 Å². The van der Waals surface area contributed by atoms with Crippen molar-refractivity contribution in [1.29, 1.82) is 0 Å². The third-order valence-corrected chi connectivity index (χ3v) is 2.27. The van der Waals surface area contributed by atoms with Crippen molar-refractivity contribution in [2.24, 2.45) is 0 Å². The summed E-state index contributed by atoms with van der Waals surface area (Å²) < 4.78 is 6.76. The minimum Gasteiger partial charge on any atom is -0.394 e. The number of aliphatic hydroxyl groups excluding tert-OH is 1. The number of hydrogen-bond donors (Lipinski definition) is 2. The predicted octanol–water partition coefficient (Wildman–Crippen LogP) is -0.690. The van der Waals surface area contributed by atoms with E-state index in [1.54, 1.807) is 6.20 Å². The lowest BCUT2D eigenvalue weighted by Crippen LogP contribution is -2.27. The number of rotatable bonds is 2. The van der Waals surface area contributed by atoms with Crippen LogP contribution in [0.2, 0.25) is 0 Å². The van der Waals surface area contributed by atoms with Gasteiger partial charge in [-0.2, -0.15) is 4.98 Å². The fourth-order valence-electron chi connectivity index (χ4n) is 1.52. The van der Waals surface area contributed by atoms with Crippen LogP contribution in [0.5, 0.6) is 0 Å². The van der Waals surface area contributed by atoms with Crippen molar-refractivity contribution in [2.75, 3.05) is 12.3 Å². The van der Waals surface area contributed by atoms with Gasteiger partial charge in [-0.3, -0.25) is 4.57 Å². The van der Waals surface area contributed by atoms with Gasteiger partial charge < -0.3 is 15.6 Å². The molecule has 15 heavy (non-hydrogen) atoms. The Hall–Kier alpha value is -1.40. The summed E-state index contributed by atoms with van der Waals surface area (Å²) in [6.07, 6.45) is 3.26. The van der Waals surface area contributed by atoms with Crippen molar-refractivity contribution in [1.82, 2.24) is 9.55 Å². The molecule has 0 aromatic carbocycles. The highest BCUT2D eigenvalue weighted by Crippen LogP contribution is 2.25. The van der Waals surface area contributed by atoms with E-state index in [-0.39, 0.29) is 24.8 Å². The van der Waals surface area contributed by atoms with Crippen LogP contribution in [0.15, 0.2) is 17.1 Å². The highest BCUT2D eigenvalue weighted by molar-refractivity contribution is 5.23. The lowest BCUT2D eigenvalue weighted by Gasteiger charge is -2.14. The van der Waals surface area contributed by atoms with Gasteiger partial charge in [-0.1, -0.05) is 0 Å². The molecule has 1 aliphatic rings. The molecule has 0 aliphatic carbocycles. The molecule has 81 valence electrons. The van der Waals surface area contributed by atoms with Crippen molar-refractivity contribution in [3.63, 3.8) is 0 Å². The number of nitrogens with zero attached hydrogens (tertiary/aromatic N) is 2. The number of nitrogen functional groups attached to an aromatic ring is 1. The molecule has 2 rings (SSSR count). The summed E-state index contributed by atoms with van der Waals surface area (Å²) in [5.74, 6) is 0.192. The monoisotopic (exact) mass is 210 g/mol. The van der Waals surface area contributed by atoms with E-state index in [1.165, 1.54) is 10.6 Å². The van der Waals surface area contributed by atoms with Crippen molar-refractivity contribution in [3.05, 3.63) is 29.2 Å². The maximum Gasteiger partial charge on any atom is 0.351 e. The molecule has 1 radical (unpaired) electrons. The summed E-state index contributed by atoms with van der Waals surface area (Å²) in [5, 5.41) is 8.86. The van der Waals surface area contributed by atoms with Crippen LogP contribution in [0.25, 0.3) is 0 Å². The van der Waals surface area contributed by atoms with E-state index in [2.05, 4.69) is 4.98 Å². The van der Waals surface area contributed by atoms with Crippen molar-refractivity contribution in [3.8, 4) is 0 Å². The van der Waals surface area contributed by atoms with Crippen molar-refractivity contribution in [2.45, 2.75) is 18.8 Å². The average Bonchev–Trinajstić information content (AvgIpc) is 2.66. The van der Waals surface area contributed by atoms with Gasteiger partial charge in [0.2, 0.25) is 0 Å². The third kappa shape index (κ3) is 2.00. The van der Waals surface area contributed by atoms with Gasteiger partial charge in [0.25, 0.3) is 0 Å². The zero-order chi connectivity index (χ0) is 10.8. The molecule has 1 aromatic heterocycles. The van der Waals surface area contributed by atoms with E-state index in [9.17, 15) is 4.79 Å². The molecule has 3 N–H and O–H groups in total. The standard InChI is InChI=1S/C9H12N3O3/c10-7-3-4-12(9(14)11-7)8-2-1-6(5-13)15-8/h1,3-4,6,8,13H,2,5H2,(H2,10,11,14)/t6-,8-/m1/s1. The van der Waals surface area contributed by atoms with E-state index in [0.29, 0.717) is 6.42 Å². The fourth-order valence-corrected chi connectivity index (χ4v) is 1.52. The summed E-state index contributed by atoms with van der Waals surface area (Å²) in [7, 11) is 0. The largest absolute Gasteiger partial charge is 0.394 e. The number of hydrogen-bond acceptors (Lipinski definition) is 5. The molecule has 0 amide bonds. The molecule has 6 nitrogen and oxygen atoms in total. The Bertz CT molecular complexity index is 404. The molecule has 0 bridgehead atoms.